The highest BCUT2D eigenvalue weighted by Crippen LogP contribution is 2.43. The first kappa shape index (κ1) is 58.7. The standard InChI is InChI=1S/C51H99N2O6P/c1-6-8-10-12-14-16-17-18-19-20-21-22-23-24-25-26-27-28-29-30-31-32-33-34-35-37-39-41-43-45-51(55)52-49(48-59-60(56,57)58-47-46-53(3,4)5)50(54)44-42-40-38-36-15-13-11-9-7-2/h21-22,24-25,42,44,49-50,54H,6-20,23,26-41,43,45-48H2,1-5H3,(H-,52,55,56,57)/p+1/b22-21-,25-24-,44-42+. The second-order valence-corrected chi connectivity index (χ2v) is 20.0. The number of likely N-dealkylation sites (N-methyl/N-ethyl adjacent to an activating group) is 1. The highest BCUT2D eigenvalue weighted by Gasteiger charge is 2.27. The monoisotopic (exact) mass is 868 g/mol. The summed E-state index contributed by atoms with van der Waals surface area (Å²) in [4.78, 5) is 23.1. The molecule has 0 aliphatic carbocycles. The van der Waals surface area contributed by atoms with Crippen LogP contribution in [0.3, 0.4) is 0 Å². The van der Waals surface area contributed by atoms with Crippen molar-refractivity contribution in [3.63, 3.8) is 0 Å². The minimum absolute atomic E-state index is 0.0614. The molecule has 0 aromatic rings. The number of nitrogens with zero attached hydrogens (tertiary/aromatic N) is 1. The summed E-state index contributed by atoms with van der Waals surface area (Å²) >= 11 is 0. The highest BCUT2D eigenvalue weighted by molar-refractivity contribution is 7.47. The minimum Gasteiger partial charge on any atom is -0.387 e. The van der Waals surface area contributed by atoms with E-state index in [1.807, 2.05) is 27.2 Å². The third kappa shape index (κ3) is 44.8. The molecule has 354 valence electrons. The predicted octanol–water partition coefficient (Wildman–Crippen LogP) is 14.6. The van der Waals surface area contributed by atoms with Crippen LogP contribution >= 0.6 is 7.82 Å². The number of hydrogen-bond donors (Lipinski definition) is 3. The summed E-state index contributed by atoms with van der Waals surface area (Å²) in [6.07, 6.45) is 53.9. The van der Waals surface area contributed by atoms with E-state index in [0.717, 1.165) is 44.9 Å². The second-order valence-electron chi connectivity index (χ2n) is 18.5. The van der Waals surface area contributed by atoms with E-state index in [2.05, 4.69) is 43.5 Å². The van der Waals surface area contributed by atoms with Gasteiger partial charge in [0.25, 0.3) is 0 Å². The second kappa shape index (κ2) is 43.0. The molecule has 0 saturated carbocycles. The van der Waals surface area contributed by atoms with Crippen LogP contribution in [0.25, 0.3) is 0 Å². The molecule has 0 radical (unpaired) electrons. The fraction of sp³-hybridized carbons (Fsp3) is 0.863. The van der Waals surface area contributed by atoms with Gasteiger partial charge in [-0.05, 0) is 51.4 Å². The summed E-state index contributed by atoms with van der Waals surface area (Å²) in [5.41, 5.74) is 0. The number of allylic oxidation sites excluding steroid dienone is 5. The molecular weight excluding hydrogens is 768 g/mol. The van der Waals surface area contributed by atoms with Crippen LogP contribution < -0.4 is 5.32 Å². The number of rotatable bonds is 46. The molecule has 0 fully saturated rings. The smallest absolute Gasteiger partial charge is 0.387 e. The Morgan fingerprint density at radius 2 is 0.950 bits per heavy atom. The number of amides is 1. The van der Waals surface area contributed by atoms with Gasteiger partial charge in [0.15, 0.2) is 0 Å². The highest BCUT2D eigenvalue weighted by atomic mass is 31.2. The first-order valence-corrected chi connectivity index (χ1v) is 26.9. The number of carbonyl (C=O) groups excluding carboxylic acids is 1. The van der Waals surface area contributed by atoms with Crippen LogP contribution in [0, 0.1) is 0 Å². The maximum Gasteiger partial charge on any atom is 0.472 e. The third-order valence-electron chi connectivity index (χ3n) is 11.4. The van der Waals surface area contributed by atoms with Gasteiger partial charge in [-0.3, -0.25) is 13.8 Å². The number of phosphoric acid groups is 1. The van der Waals surface area contributed by atoms with Crippen LogP contribution in [0.15, 0.2) is 36.5 Å². The molecular formula is C51H100N2O6P+. The van der Waals surface area contributed by atoms with Gasteiger partial charge in [0, 0.05) is 6.42 Å². The van der Waals surface area contributed by atoms with Crippen LogP contribution in [-0.2, 0) is 18.4 Å². The van der Waals surface area contributed by atoms with E-state index >= 15 is 0 Å². The quantitative estimate of drug-likeness (QED) is 0.0244. The predicted molar refractivity (Wildman–Crippen MR) is 258 cm³/mol. The van der Waals surface area contributed by atoms with Gasteiger partial charge in [0.2, 0.25) is 5.91 Å². The van der Waals surface area contributed by atoms with Gasteiger partial charge in [-0.25, -0.2) is 4.57 Å². The van der Waals surface area contributed by atoms with Gasteiger partial charge in [0.05, 0.1) is 39.9 Å². The van der Waals surface area contributed by atoms with E-state index in [-0.39, 0.29) is 19.1 Å². The number of aliphatic hydroxyl groups is 1. The van der Waals surface area contributed by atoms with E-state index in [4.69, 9.17) is 9.05 Å². The van der Waals surface area contributed by atoms with Crippen LogP contribution in [0.1, 0.15) is 232 Å². The van der Waals surface area contributed by atoms with E-state index in [0.29, 0.717) is 17.4 Å². The van der Waals surface area contributed by atoms with Gasteiger partial charge in [0.1, 0.15) is 13.2 Å². The molecule has 0 aliphatic rings. The van der Waals surface area contributed by atoms with Crippen molar-refractivity contribution in [1.82, 2.24) is 5.32 Å². The van der Waals surface area contributed by atoms with E-state index in [1.165, 1.54) is 167 Å². The van der Waals surface area contributed by atoms with Crippen molar-refractivity contribution in [1.29, 1.82) is 0 Å². The number of phosphoric ester groups is 1. The van der Waals surface area contributed by atoms with Crippen molar-refractivity contribution in [2.75, 3.05) is 40.9 Å². The molecule has 0 aromatic carbocycles. The Morgan fingerprint density at radius 1 is 0.567 bits per heavy atom. The summed E-state index contributed by atoms with van der Waals surface area (Å²) in [5.74, 6) is -0.180. The van der Waals surface area contributed by atoms with Crippen LogP contribution in [0.5, 0.6) is 0 Å². The number of hydrogen-bond acceptors (Lipinski definition) is 5. The molecule has 0 spiro atoms. The molecule has 0 saturated heterocycles. The Bertz CT molecular complexity index is 1070. The molecule has 8 nitrogen and oxygen atoms in total. The summed E-state index contributed by atoms with van der Waals surface area (Å²) < 4.78 is 23.5. The Morgan fingerprint density at radius 3 is 1.37 bits per heavy atom. The van der Waals surface area contributed by atoms with Crippen molar-refractivity contribution in [3.8, 4) is 0 Å². The topological polar surface area (TPSA) is 105 Å². The molecule has 0 aromatic heterocycles. The Labute approximate surface area is 372 Å². The number of unbranched alkanes of at least 4 members (excludes halogenated alkanes) is 29. The molecule has 60 heavy (non-hydrogen) atoms. The largest absolute Gasteiger partial charge is 0.472 e. The molecule has 3 atom stereocenters. The van der Waals surface area contributed by atoms with Gasteiger partial charge >= 0.3 is 7.82 Å². The van der Waals surface area contributed by atoms with Crippen molar-refractivity contribution in [3.05, 3.63) is 36.5 Å². The summed E-state index contributed by atoms with van der Waals surface area (Å²) in [7, 11) is 1.57. The van der Waals surface area contributed by atoms with E-state index in [1.54, 1.807) is 6.08 Å². The normalized spacial score (nSPS) is 14.4. The first-order chi connectivity index (χ1) is 29.0. The zero-order chi connectivity index (χ0) is 44.3. The maximum atomic E-state index is 12.9. The fourth-order valence-corrected chi connectivity index (χ4v) is 8.04. The lowest BCUT2D eigenvalue weighted by atomic mass is 10.0. The lowest BCUT2D eigenvalue weighted by Crippen LogP contribution is -2.45. The molecule has 3 unspecified atom stereocenters. The van der Waals surface area contributed by atoms with Crippen molar-refractivity contribution >= 4 is 13.7 Å². The molecule has 3 N–H and O–H groups in total. The Balaban J connectivity index is 4.04. The maximum absolute atomic E-state index is 12.9. The van der Waals surface area contributed by atoms with Crippen LogP contribution in [-0.4, -0.2) is 73.4 Å². The number of nitrogens with one attached hydrogen (secondary N) is 1. The van der Waals surface area contributed by atoms with Crippen LogP contribution in [0.4, 0.5) is 0 Å². The molecule has 0 rings (SSSR count). The minimum atomic E-state index is -4.33. The molecule has 1 amide bonds. The van der Waals surface area contributed by atoms with Gasteiger partial charge < -0.3 is 19.8 Å². The van der Waals surface area contributed by atoms with E-state index in [9.17, 15) is 19.4 Å². The molecule has 9 heteroatoms. The summed E-state index contributed by atoms with van der Waals surface area (Å²) in [5, 5.41) is 13.8. The third-order valence-corrected chi connectivity index (χ3v) is 12.3. The summed E-state index contributed by atoms with van der Waals surface area (Å²) in [6.45, 7) is 4.79. The lowest BCUT2D eigenvalue weighted by Gasteiger charge is -2.25. The lowest BCUT2D eigenvalue weighted by molar-refractivity contribution is -0.870. The summed E-state index contributed by atoms with van der Waals surface area (Å²) in [6, 6.07) is -0.844. The number of aliphatic hydroxyl groups excluding tert-OH is 1. The first-order valence-electron chi connectivity index (χ1n) is 25.4. The Kier molecular flexibility index (Phi) is 42.1. The van der Waals surface area contributed by atoms with Gasteiger partial charge in [-0.15, -0.1) is 0 Å². The average Bonchev–Trinajstić information content (AvgIpc) is 3.20. The van der Waals surface area contributed by atoms with Gasteiger partial charge in [-0.2, -0.15) is 0 Å². The van der Waals surface area contributed by atoms with Crippen LogP contribution in [0.2, 0.25) is 0 Å². The van der Waals surface area contributed by atoms with Crippen molar-refractivity contribution < 1.29 is 32.9 Å². The molecule has 0 aliphatic heterocycles. The SMILES string of the molecule is CCCCCCCCC/C=C/C(O)C(COP(=O)(O)OCC[N+](C)(C)C)NC(=O)CCCCCCCCCCCCCCC/C=C\C/C=C\CCCCCCCCCCC. The zero-order valence-corrected chi connectivity index (χ0v) is 41.1. The van der Waals surface area contributed by atoms with Gasteiger partial charge in [-0.1, -0.05) is 211 Å². The number of quaternary nitrogens is 1. The van der Waals surface area contributed by atoms with Crippen molar-refractivity contribution in [2.45, 2.75) is 244 Å². The average molecular weight is 868 g/mol. The fourth-order valence-electron chi connectivity index (χ4n) is 7.31. The number of carbonyl (C=O) groups is 1. The van der Waals surface area contributed by atoms with Crippen molar-refractivity contribution in [2.24, 2.45) is 0 Å². The zero-order valence-electron chi connectivity index (χ0n) is 40.2. The molecule has 0 heterocycles. The Hall–Kier alpha value is -1.28. The molecule has 0 bridgehead atoms. The van der Waals surface area contributed by atoms with E-state index < -0.39 is 20.0 Å².